The summed E-state index contributed by atoms with van der Waals surface area (Å²) in [6.45, 7) is 1.55. The van der Waals surface area contributed by atoms with Crippen molar-refractivity contribution in [1.82, 2.24) is 0 Å². The molecule has 0 bridgehead atoms. The number of halogens is 1. The molecule has 0 aromatic heterocycles. The molecule has 0 aliphatic rings. The third-order valence-electron chi connectivity index (χ3n) is 4.07. The fraction of sp³-hybridized carbons (Fsp3) is 0.130. The van der Waals surface area contributed by atoms with Gasteiger partial charge in [0.1, 0.15) is 11.6 Å². The Bertz CT molecular complexity index is 946. The molecular weight excluding hydrogens is 373 g/mol. The second kappa shape index (κ2) is 9.50. The summed E-state index contributed by atoms with van der Waals surface area (Å²) in [6.07, 6.45) is -2.10. The van der Waals surface area contributed by atoms with Gasteiger partial charge in [-0.3, -0.25) is 4.79 Å². The SMILES string of the molecule is C[C@H](Oc1ccccc1)C(=O)O[C@@H](C(=O)Nc1ccc(F)cc1)c1ccccc1. The van der Waals surface area contributed by atoms with Crippen molar-refractivity contribution in [2.45, 2.75) is 19.1 Å². The molecule has 0 fully saturated rings. The van der Waals surface area contributed by atoms with Gasteiger partial charge in [-0.1, -0.05) is 48.5 Å². The van der Waals surface area contributed by atoms with E-state index < -0.39 is 29.9 Å². The molecule has 0 aliphatic carbocycles. The summed E-state index contributed by atoms with van der Waals surface area (Å²) in [4.78, 5) is 25.3. The highest BCUT2D eigenvalue weighted by Gasteiger charge is 2.28. The number of hydrogen-bond acceptors (Lipinski definition) is 4. The van der Waals surface area contributed by atoms with Gasteiger partial charge in [-0.05, 0) is 43.3 Å². The zero-order valence-corrected chi connectivity index (χ0v) is 15.7. The van der Waals surface area contributed by atoms with Gasteiger partial charge in [0.25, 0.3) is 5.91 Å². The minimum Gasteiger partial charge on any atom is -0.479 e. The minimum absolute atomic E-state index is 0.391. The molecule has 3 aromatic carbocycles. The first kappa shape index (κ1) is 20.1. The molecular formula is C23H20FNO4. The Morgan fingerprint density at radius 1 is 0.862 bits per heavy atom. The Balaban J connectivity index is 1.74. The van der Waals surface area contributed by atoms with Gasteiger partial charge in [0, 0.05) is 11.3 Å². The number of anilines is 1. The summed E-state index contributed by atoms with van der Waals surface area (Å²) in [5, 5.41) is 2.64. The number of rotatable bonds is 7. The van der Waals surface area contributed by atoms with E-state index in [2.05, 4.69) is 5.32 Å². The van der Waals surface area contributed by atoms with Crippen molar-refractivity contribution in [2.24, 2.45) is 0 Å². The van der Waals surface area contributed by atoms with E-state index in [1.54, 1.807) is 61.5 Å². The molecule has 0 saturated heterocycles. The molecule has 5 nitrogen and oxygen atoms in total. The molecule has 0 saturated carbocycles. The number of benzene rings is 3. The fourth-order valence-corrected chi connectivity index (χ4v) is 2.61. The Kier molecular flexibility index (Phi) is 6.58. The normalized spacial score (nSPS) is 12.5. The van der Waals surface area contributed by atoms with Gasteiger partial charge in [-0.15, -0.1) is 0 Å². The van der Waals surface area contributed by atoms with Crippen molar-refractivity contribution in [3.8, 4) is 5.75 Å². The van der Waals surface area contributed by atoms with E-state index in [9.17, 15) is 14.0 Å². The summed E-state index contributed by atoms with van der Waals surface area (Å²) in [7, 11) is 0. The number of carbonyl (C=O) groups is 2. The average molecular weight is 393 g/mol. The Morgan fingerprint density at radius 3 is 2.07 bits per heavy atom. The number of para-hydroxylation sites is 1. The highest BCUT2D eigenvalue weighted by Crippen LogP contribution is 2.22. The van der Waals surface area contributed by atoms with Crippen LogP contribution in [0.5, 0.6) is 5.75 Å². The lowest BCUT2D eigenvalue weighted by Crippen LogP contribution is -2.32. The Morgan fingerprint density at radius 2 is 1.45 bits per heavy atom. The van der Waals surface area contributed by atoms with Crippen LogP contribution in [-0.2, 0) is 14.3 Å². The Hall–Kier alpha value is -3.67. The number of ether oxygens (including phenoxy) is 2. The van der Waals surface area contributed by atoms with Gasteiger partial charge in [0.2, 0.25) is 6.10 Å². The lowest BCUT2D eigenvalue weighted by Gasteiger charge is -2.21. The van der Waals surface area contributed by atoms with E-state index >= 15 is 0 Å². The lowest BCUT2D eigenvalue weighted by atomic mass is 10.1. The fourth-order valence-electron chi connectivity index (χ4n) is 2.61. The molecule has 0 radical (unpaired) electrons. The summed E-state index contributed by atoms with van der Waals surface area (Å²) in [6, 6.07) is 22.8. The predicted molar refractivity (Wildman–Crippen MR) is 107 cm³/mol. The zero-order chi connectivity index (χ0) is 20.6. The third-order valence-corrected chi connectivity index (χ3v) is 4.07. The molecule has 3 aromatic rings. The molecule has 0 unspecified atom stereocenters. The van der Waals surface area contributed by atoms with Crippen molar-refractivity contribution in [3.05, 3.63) is 96.3 Å². The van der Waals surface area contributed by atoms with Gasteiger partial charge in [0.05, 0.1) is 0 Å². The Labute approximate surface area is 168 Å². The predicted octanol–water partition coefficient (Wildman–Crippen LogP) is 4.52. The van der Waals surface area contributed by atoms with Gasteiger partial charge in [-0.25, -0.2) is 9.18 Å². The van der Waals surface area contributed by atoms with Crippen LogP contribution in [0.25, 0.3) is 0 Å². The molecule has 148 valence electrons. The maximum absolute atomic E-state index is 13.1. The largest absolute Gasteiger partial charge is 0.479 e. The van der Waals surface area contributed by atoms with Crippen LogP contribution in [0.4, 0.5) is 10.1 Å². The summed E-state index contributed by atoms with van der Waals surface area (Å²) in [5.74, 6) is -1.13. The van der Waals surface area contributed by atoms with Crippen LogP contribution in [-0.4, -0.2) is 18.0 Å². The van der Waals surface area contributed by atoms with Gasteiger partial charge >= 0.3 is 5.97 Å². The molecule has 29 heavy (non-hydrogen) atoms. The standard InChI is InChI=1S/C23H20FNO4/c1-16(28-20-10-6-3-7-11-20)23(27)29-21(17-8-4-2-5-9-17)22(26)25-19-14-12-18(24)13-15-19/h2-16,21H,1H3,(H,25,26)/t16-,21+/m0/s1. The molecule has 2 atom stereocenters. The number of carbonyl (C=O) groups excluding carboxylic acids is 2. The van der Waals surface area contributed by atoms with Crippen LogP contribution in [0.3, 0.4) is 0 Å². The highest BCUT2D eigenvalue weighted by molar-refractivity contribution is 5.96. The van der Waals surface area contributed by atoms with Crippen LogP contribution < -0.4 is 10.1 Å². The van der Waals surface area contributed by atoms with E-state index in [4.69, 9.17) is 9.47 Å². The number of hydrogen-bond donors (Lipinski definition) is 1. The first-order chi connectivity index (χ1) is 14.0. The first-order valence-electron chi connectivity index (χ1n) is 9.06. The van der Waals surface area contributed by atoms with Crippen LogP contribution in [0.15, 0.2) is 84.9 Å². The molecule has 0 spiro atoms. The van der Waals surface area contributed by atoms with Crippen molar-refractivity contribution in [2.75, 3.05) is 5.32 Å². The number of esters is 1. The summed E-state index contributed by atoms with van der Waals surface area (Å²) < 4.78 is 24.1. The number of amides is 1. The van der Waals surface area contributed by atoms with Gasteiger partial charge in [-0.2, -0.15) is 0 Å². The summed E-state index contributed by atoms with van der Waals surface area (Å²) in [5.41, 5.74) is 0.898. The van der Waals surface area contributed by atoms with E-state index in [1.807, 2.05) is 6.07 Å². The minimum atomic E-state index is -1.18. The molecule has 0 aliphatic heterocycles. The van der Waals surface area contributed by atoms with Crippen molar-refractivity contribution in [1.29, 1.82) is 0 Å². The molecule has 3 rings (SSSR count). The van der Waals surface area contributed by atoms with Crippen LogP contribution >= 0.6 is 0 Å². The monoisotopic (exact) mass is 393 g/mol. The smallest absolute Gasteiger partial charge is 0.348 e. The van der Waals surface area contributed by atoms with E-state index in [0.717, 1.165) is 0 Å². The highest BCUT2D eigenvalue weighted by atomic mass is 19.1. The molecule has 6 heteroatoms. The van der Waals surface area contributed by atoms with Gasteiger partial charge < -0.3 is 14.8 Å². The van der Waals surface area contributed by atoms with Crippen LogP contribution in [0, 0.1) is 5.82 Å². The molecule has 0 heterocycles. The van der Waals surface area contributed by atoms with Crippen molar-refractivity contribution >= 4 is 17.6 Å². The lowest BCUT2D eigenvalue weighted by molar-refractivity contribution is -0.161. The third kappa shape index (κ3) is 5.65. The second-order valence-electron chi connectivity index (χ2n) is 6.30. The van der Waals surface area contributed by atoms with Crippen molar-refractivity contribution in [3.63, 3.8) is 0 Å². The van der Waals surface area contributed by atoms with E-state index in [0.29, 0.717) is 17.0 Å². The van der Waals surface area contributed by atoms with Gasteiger partial charge in [0.15, 0.2) is 6.10 Å². The summed E-state index contributed by atoms with van der Waals surface area (Å²) >= 11 is 0. The quantitative estimate of drug-likeness (QED) is 0.600. The zero-order valence-electron chi connectivity index (χ0n) is 15.7. The first-order valence-corrected chi connectivity index (χ1v) is 9.06. The second-order valence-corrected chi connectivity index (χ2v) is 6.30. The van der Waals surface area contributed by atoms with Crippen molar-refractivity contribution < 1.29 is 23.5 Å². The van der Waals surface area contributed by atoms with Crippen LogP contribution in [0.2, 0.25) is 0 Å². The number of nitrogens with one attached hydrogen (secondary N) is 1. The maximum atomic E-state index is 13.1. The van der Waals surface area contributed by atoms with E-state index in [-0.39, 0.29) is 0 Å². The molecule has 1 amide bonds. The van der Waals surface area contributed by atoms with E-state index in [1.165, 1.54) is 24.3 Å². The maximum Gasteiger partial charge on any atom is 0.348 e. The van der Waals surface area contributed by atoms with Crippen LogP contribution in [0.1, 0.15) is 18.6 Å². The average Bonchev–Trinajstić information content (AvgIpc) is 2.74. The molecule has 1 N–H and O–H groups in total. The topological polar surface area (TPSA) is 64.6 Å².